The quantitative estimate of drug-likeness (QED) is 0.588. The van der Waals surface area contributed by atoms with E-state index < -0.39 is 11.6 Å². The lowest BCUT2D eigenvalue weighted by molar-refractivity contribution is -0.138. The van der Waals surface area contributed by atoms with Gasteiger partial charge in [0.05, 0.1) is 12.5 Å². The zero-order chi connectivity index (χ0) is 25.4. The van der Waals surface area contributed by atoms with Crippen LogP contribution >= 0.6 is 0 Å². The Bertz CT molecular complexity index is 1020. The minimum Gasteiger partial charge on any atom is -0.481 e. The van der Waals surface area contributed by atoms with Gasteiger partial charge in [0.2, 0.25) is 5.91 Å². The van der Waals surface area contributed by atoms with E-state index in [1.54, 1.807) is 11.0 Å². The Morgan fingerprint density at radius 1 is 1.00 bits per heavy atom. The second kappa shape index (κ2) is 11.8. The summed E-state index contributed by atoms with van der Waals surface area (Å²) in [5.41, 5.74) is 2.13. The molecule has 8 nitrogen and oxygen atoms in total. The number of carboxylic acids is 1. The molecule has 1 aliphatic heterocycles. The van der Waals surface area contributed by atoms with E-state index in [2.05, 4.69) is 22.3 Å². The van der Waals surface area contributed by atoms with Crippen LogP contribution in [0, 0.1) is 0 Å². The van der Waals surface area contributed by atoms with Gasteiger partial charge in [0.25, 0.3) is 0 Å². The molecule has 0 aromatic heterocycles. The van der Waals surface area contributed by atoms with Gasteiger partial charge in [-0.05, 0) is 44.4 Å². The maximum atomic E-state index is 13.1. The van der Waals surface area contributed by atoms with Gasteiger partial charge in [-0.3, -0.25) is 14.5 Å². The van der Waals surface area contributed by atoms with Gasteiger partial charge in [0.1, 0.15) is 5.60 Å². The molecule has 1 aliphatic rings. The fourth-order valence-corrected chi connectivity index (χ4v) is 4.15. The van der Waals surface area contributed by atoms with Crippen molar-refractivity contribution in [2.75, 3.05) is 25.0 Å². The number of ether oxygens (including phenoxy) is 1. The Labute approximate surface area is 206 Å². The summed E-state index contributed by atoms with van der Waals surface area (Å²) < 4.78 is 5.69. The van der Waals surface area contributed by atoms with E-state index in [0.29, 0.717) is 25.2 Å². The Hall–Kier alpha value is -3.39. The summed E-state index contributed by atoms with van der Waals surface area (Å²) in [5.74, 6) is -1.36. The first-order valence-corrected chi connectivity index (χ1v) is 12.0. The highest BCUT2D eigenvalue weighted by molar-refractivity contribution is 5.93. The van der Waals surface area contributed by atoms with Gasteiger partial charge in [-0.15, -0.1) is 0 Å². The monoisotopic (exact) mass is 481 g/mol. The highest BCUT2D eigenvalue weighted by Gasteiger charge is 2.33. The summed E-state index contributed by atoms with van der Waals surface area (Å²) in [4.78, 5) is 40.3. The largest absolute Gasteiger partial charge is 0.481 e. The van der Waals surface area contributed by atoms with E-state index in [4.69, 9.17) is 9.84 Å². The van der Waals surface area contributed by atoms with Crippen LogP contribution < -0.4 is 5.32 Å². The van der Waals surface area contributed by atoms with Gasteiger partial charge in [-0.25, -0.2) is 4.79 Å². The van der Waals surface area contributed by atoms with E-state index in [0.717, 1.165) is 18.7 Å². The van der Waals surface area contributed by atoms with Crippen molar-refractivity contribution in [1.29, 1.82) is 0 Å². The Morgan fingerprint density at radius 2 is 1.69 bits per heavy atom. The summed E-state index contributed by atoms with van der Waals surface area (Å²) in [6.07, 6.45) is -0.135. The molecule has 0 unspecified atom stereocenters. The number of hydrogen-bond donors (Lipinski definition) is 2. The number of carbonyl (C=O) groups excluding carboxylic acids is 2. The molecule has 1 heterocycles. The van der Waals surface area contributed by atoms with Gasteiger partial charge >= 0.3 is 12.1 Å². The average molecular weight is 482 g/mol. The SMILES string of the molecule is CC(C)(C)OC(=O)N1CCN(Cc2ccccc2)C[C@@H]1Cc1ccccc1NC(=O)CCC(=O)O. The first-order chi connectivity index (χ1) is 16.6. The number of rotatable bonds is 8. The van der Waals surface area contributed by atoms with Gasteiger partial charge in [-0.2, -0.15) is 0 Å². The molecule has 2 amide bonds. The maximum Gasteiger partial charge on any atom is 0.410 e. The van der Waals surface area contributed by atoms with Crippen LogP contribution in [0.25, 0.3) is 0 Å². The molecule has 35 heavy (non-hydrogen) atoms. The van der Waals surface area contributed by atoms with Crippen molar-refractivity contribution in [3.8, 4) is 0 Å². The zero-order valence-corrected chi connectivity index (χ0v) is 20.7. The molecule has 1 atom stereocenters. The van der Waals surface area contributed by atoms with Crippen molar-refractivity contribution in [1.82, 2.24) is 9.80 Å². The third kappa shape index (κ3) is 8.40. The van der Waals surface area contributed by atoms with Crippen LogP contribution in [-0.4, -0.2) is 64.2 Å². The number of nitrogens with zero attached hydrogens (tertiary/aromatic N) is 2. The van der Waals surface area contributed by atoms with Crippen LogP contribution in [0.15, 0.2) is 54.6 Å². The van der Waals surface area contributed by atoms with Crippen molar-refractivity contribution in [2.45, 2.75) is 58.2 Å². The van der Waals surface area contributed by atoms with Crippen molar-refractivity contribution in [2.24, 2.45) is 0 Å². The lowest BCUT2D eigenvalue weighted by Crippen LogP contribution is -2.56. The van der Waals surface area contributed by atoms with Gasteiger partial charge < -0.3 is 20.1 Å². The van der Waals surface area contributed by atoms with Gasteiger partial charge in [0.15, 0.2) is 0 Å². The molecule has 0 bridgehead atoms. The molecule has 3 rings (SSSR count). The molecule has 0 spiro atoms. The summed E-state index contributed by atoms with van der Waals surface area (Å²) in [5, 5.41) is 11.7. The van der Waals surface area contributed by atoms with Crippen LogP contribution in [-0.2, 0) is 27.3 Å². The summed E-state index contributed by atoms with van der Waals surface area (Å²) >= 11 is 0. The van der Waals surface area contributed by atoms with Crippen molar-refractivity contribution in [3.63, 3.8) is 0 Å². The fourth-order valence-electron chi connectivity index (χ4n) is 4.15. The number of carboxylic acid groups (broad SMARTS) is 1. The molecule has 188 valence electrons. The van der Waals surface area contributed by atoms with Crippen LogP contribution in [0.3, 0.4) is 0 Å². The van der Waals surface area contributed by atoms with Crippen molar-refractivity contribution >= 4 is 23.7 Å². The zero-order valence-electron chi connectivity index (χ0n) is 20.7. The molecular formula is C27H35N3O5. The maximum absolute atomic E-state index is 13.1. The van der Waals surface area contributed by atoms with E-state index in [1.807, 2.05) is 57.2 Å². The molecule has 0 saturated carbocycles. The van der Waals surface area contributed by atoms with Crippen LogP contribution in [0.1, 0.15) is 44.7 Å². The van der Waals surface area contributed by atoms with Gasteiger partial charge in [-0.1, -0.05) is 48.5 Å². The standard InChI is InChI=1S/C27H35N3O5/c1-27(2,3)35-26(34)30-16-15-29(18-20-9-5-4-6-10-20)19-22(30)17-21-11-7-8-12-23(21)28-24(31)13-14-25(32)33/h4-12,22H,13-19H2,1-3H3,(H,28,31)(H,32,33)/t22-/m0/s1. The number of hydrogen-bond acceptors (Lipinski definition) is 5. The number of amides is 2. The molecule has 1 fully saturated rings. The fraction of sp³-hybridized carbons (Fsp3) is 0.444. The molecular weight excluding hydrogens is 446 g/mol. The Kier molecular flexibility index (Phi) is 8.87. The predicted molar refractivity (Wildman–Crippen MR) is 134 cm³/mol. The highest BCUT2D eigenvalue weighted by atomic mass is 16.6. The molecule has 2 aromatic rings. The summed E-state index contributed by atoms with van der Waals surface area (Å²) in [6.45, 7) is 8.29. The predicted octanol–water partition coefficient (Wildman–Crippen LogP) is 4.15. The average Bonchev–Trinajstić information content (AvgIpc) is 2.79. The summed E-state index contributed by atoms with van der Waals surface area (Å²) in [7, 11) is 0. The minimum atomic E-state index is -1.01. The molecule has 0 radical (unpaired) electrons. The normalized spacial score (nSPS) is 16.5. The number of carbonyl (C=O) groups is 3. The Balaban J connectivity index is 1.78. The third-order valence-electron chi connectivity index (χ3n) is 5.76. The number of aliphatic carboxylic acids is 1. The number of anilines is 1. The van der Waals surface area contributed by atoms with E-state index in [1.165, 1.54) is 5.56 Å². The smallest absolute Gasteiger partial charge is 0.410 e. The van der Waals surface area contributed by atoms with Crippen LogP contribution in [0.2, 0.25) is 0 Å². The molecule has 8 heteroatoms. The lowest BCUT2D eigenvalue weighted by atomic mass is 10.00. The van der Waals surface area contributed by atoms with Crippen LogP contribution in [0.5, 0.6) is 0 Å². The second-order valence-electron chi connectivity index (χ2n) is 9.85. The first kappa shape index (κ1) is 26.2. The van der Waals surface area contributed by atoms with E-state index in [9.17, 15) is 14.4 Å². The number of para-hydroxylation sites is 1. The second-order valence-corrected chi connectivity index (χ2v) is 9.85. The van der Waals surface area contributed by atoms with Gasteiger partial charge in [0, 0.05) is 38.3 Å². The number of benzene rings is 2. The van der Waals surface area contributed by atoms with E-state index in [-0.39, 0.29) is 30.9 Å². The number of piperazine rings is 1. The summed E-state index contributed by atoms with van der Waals surface area (Å²) in [6, 6.07) is 17.5. The lowest BCUT2D eigenvalue weighted by Gasteiger charge is -2.42. The molecule has 0 aliphatic carbocycles. The molecule has 1 saturated heterocycles. The minimum absolute atomic E-state index is 0.0953. The number of nitrogens with one attached hydrogen (secondary N) is 1. The first-order valence-electron chi connectivity index (χ1n) is 12.0. The van der Waals surface area contributed by atoms with Crippen LogP contribution in [0.4, 0.5) is 10.5 Å². The topological polar surface area (TPSA) is 99.2 Å². The molecule has 2 N–H and O–H groups in total. The van der Waals surface area contributed by atoms with Crippen molar-refractivity contribution in [3.05, 3.63) is 65.7 Å². The molecule has 2 aromatic carbocycles. The van der Waals surface area contributed by atoms with Crippen molar-refractivity contribution < 1.29 is 24.2 Å². The van der Waals surface area contributed by atoms with E-state index >= 15 is 0 Å². The third-order valence-corrected chi connectivity index (χ3v) is 5.76. The Morgan fingerprint density at radius 3 is 2.37 bits per heavy atom. The highest BCUT2D eigenvalue weighted by Crippen LogP contribution is 2.24.